The Hall–Kier alpha value is -3.49. The number of ether oxygens (including phenoxy) is 1. The van der Waals surface area contributed by atoms with Crippen molar-refractivity contribution >= 4 is 28.4 Å². The molecule has 0 spiro atoms. The minimum absolute atomic E-state index is 0.0588. The van der Waals surface area contributed by atoms with Crippen molar-refractivity contribution in [1.82, 2.24) is 14.1 Å². The molecule has 2 heterocycles. The highest BCUT2D eigenvalue weighted by Gasteiger charge is 2.16. The van der Waals surface area contributed by atoms with Gasteiger partial charge in [-0.2, -0.15) is 0 Å². The summed E-state index contributed by atoms with van der Waals surface area (Å²) >= 11 is 0. The second-order valence-electron chi connectivity index (χ2n) is 6.02. The summed E-state index contributed by atoms with van der Waals surface area (Å²) in [4.78, 5) is 40.7. The number of hydrogen-bond acceptors (Lipinski definition) is 6. The number of carbonyl (C=O) groups excluding carboxylic acids is 1. The van der Waals surface area contributed by atoms with Crippen molar-refractivity contribution in [3.8, 4) is 0 Å². The van der Waals surface area contributed by atoms with Crippen LogP contribution in [0.4, 0.5) is 15.8 Å². The van der Waals surface area contributed by atoms with E-state index in [1.54, 1.807) is 13.0 Å². The van der Waals surface area contributed by atoms with Crippen LogP contribution >= 0.6 is 0 Å². The number of nitrogens with zero attached hydrogens (tertiary/aromatic N) is 3. The predicted molar refractivity (Wildman–Crippen MR) is 109 cm³/mol. The van der Waals surface area contributed by atoms with Crippen molar-refractivity contribution < 1.29 is 13.9 Å². The summed E-state index contributed by atoms with van der Waals surface area (Å²) in [6.45, 7) is 5.41. The minimum atomic E-state index is -0.623. The molecule has 0 saturated carbocycles. The number of hydrogen-bond donors (Lipinski definition) is 1. The Morgan fingerprint density at radius 1 is 1.21 bits per heavy atom. The number of fused-ring (bicyclic) bond motifs is 1. The van der Waals surface area contributed by atoms with E-state index in [0.717, 1.165) is 16.5 Å². The number of aryl methyl sites for hydroxylation is 2. The highest BCUT2D eigenvalue weighted by Crippen LogP contribution is 2.23. The zero-order valence-electron chi connectivity index (χ0n) is 16.9. The zero-order valence-corrected chi connectivity index (χ0v) is 16.9. The quantitative estimate of drug-likeness (QED) is 0.674. The summed E-state index contributed by atoms with van der Waals surface area (Å²) in [6.07, 6.45) is 1.16. The molecule has 3 aromatic rings. The molecule has 0 saturated heterocycles. The van der Waals surface area contributed by atoms with Gasteiger partial charge in [0.2, 0.25) is 0 Å². The van der Waals surface area contributed by atoms with E-state index in [1.807, 2.05) is 13.8 Å². The second-order valence-corrected chi connectivity index (χ2v) is 6.02. The van der Waals surface area contributed by atoms with Crippen molar-refractivity contribution in [3.05, 3.63) is 62.7 Å². The molecule has 0 fully saturated rings. The molecular weight excluding hydrogens is 379 g/mol. The standard InChI is InChI=1S/C18H17FN4O4.C2H6/c1-10-4-5-12(11(19)6-10)21-13-7-14(24)22(2)17-16(13)18(26)23(9-20-17)8-15(25)27-3;1-2/h4-7,9,21H,8H2,1-3H3;1-2H3. The van der Waals surface area contributed by atoms with Crippen LogP contribution < -0.4 is 16.4 Å². The van der Waals surface area contributed by atoms with Gasteiger partial charge in [0.25, 0.3) is 11.1 Å². The van der Waals surface area contributed by atoms with Crippen LogP contribution in [0.3, 0.4) is 0 Å². The van der Waals surface area contributed by atoms with Gasteiger partial charge in [-0.15, -0.1) is 0 Å². The van der Waals surface area contributed by atoms with Gasteiger partial charge in [0, 0.05) is 13.1 Å². The van der Waals surface area contributed by atoms with Gasteiger partial charge >= 0.3 is 5.97 Å². The Morgan fingerprint density at radius 2 is 1.90 bits per heavy atom. The first kappa shape index (κ1) is 21.8. The molecular formula is C20H23FN4O4. The predicted octanol–water partition coefficient (Wildman–Crippen LogP) is 2.49. The zero-order chi connectivity index (χ0) is 21.7. The van der Waals surface area contributed by atoms with E-state index in [9.17, 15) is 18.8 Å². The van der Waals surface area contributed by atoms with E-state index < -0.39 is 22.9 Å². The van der Waals surface area contributed by atoms with Gasteiger partial charge < -0.3 is 10.1 Å². The summed E-state index contributed by atoms with van der Waals surface area (Å²) in [6, 6.07) is 5.73. The molecule has 0 bridgehead atoms. The molecule has 9 heteroatoms. The van der Waals surface area contributed by atoms with E-state index in [2.05, 4.69) is 15.0 Å². The van der Waals surface area contributed by atoms with Gasteiger partial charge in [-0.25, -0.2) is 9.37 Å². The van der Waals surface area contributed by atoms with Crippen molar-refractivity contribution in [2.45, 2.75) is 27.3 Å². The van der Waals surface area contributed by atoms with Crippen molar-refractivity contribution in [2.24, 2.45) is 7.05 Å². The first-order valence-corrected chi connectivity index (χ1v) is 9.01. The van der Waals surface area contributed by atoms with Crippen LogP contribution in [0.1, 0.15) is 19.4 Å². The molecule has 29 heavy (non-hydrogen) atoms. The van der Waals surface area contributed by atoms with Crippen LogP contribution in [0.5, 0.6) is 0 Å². The molecule has 1 N–H and O–H groups in total. The first-order chi connectivity index (χ1) is 13.8. The highest BCUT2D eigenvalue weighted by molar-refractivity contribution is 5.90. The number of pyridine rings is 1. The van der Waals surface area contributed by atoms with Crippen molar-refractivity contribution in [3.63, 3.8) is 0 Å². The lowest BCUT2D eigenvalue weighted by molar-refractivity contribution is -0.141. The van der Waals surface area contributed by atoms with E-state index >= 15 is 0 Å². The minimum Gasteiger partial charge on any atom is -0.468 e. The summed E-state index contributed by atoms with van der Waals surface area (Å²) in [5.74, 6) is -1.15. The third-order valence-corrected chi connectivity index (χ3v) is 4.12. The number of halogens is 1. The van der Waals surface area contributed by atoms with E-state index in [1.165, 1.54) is 36.9 Å². The van der Waals surface area contributed by atoms with Gasteiger partial charge in [-0.3, -0.25) is 23.5 Å². The third kappa shape index (κ3) is 4.50. The lowest BCUT2D eigenvalue weighted by Crippen LogP contribution is -2.28. The number of esters is 1. The van der Waals surface area contributed by atoms with E-state index in [4.69, 9.17) is 0 Å². The topological polar surface area (TPSA) is 95.2 Å². The maximum Gasteiger partial charge on any atom is 0.325 e. The number of nitrogens with one attached hydrogen (secondary N) is 1. The van der Waals surface area contributed by atoms with Crippen LogP contribution in [0.15, 0.2) is 40.2 Å². The van der Waals surface area contributed by atoms with Gasteiger partial charge in [-0.05, 0) is 24.6 Å². The van der Waals surface area contributed by atoms with E-state index in [0.29, 0.717) is 0 Å². The summed E-state index contributed by atoms with van der Waals surface area (Å²) in [5.41, 5.74) is 0.0780. The SMILES string of the molecule is CC.COC(=O)Cn1cnc2c(c(Nc3ccc(C)cc3F)cc(=O)n2C)c1=O. The third-order valence-electron chi connectivity index (χ3n) is 4.12. The Labute approximate surface area is 166 Å². The number of methoxy groups -OCH3 is 1. The smallest absolute Gasteiger partial charge is 0.325 e. The molecule has 2 aromatic heterocycles. The number of benzene rings is 1. The molecule has 8 nitrogen and oxygen atoms in total. The molecule has 0 aliphatic heterocycles. The summed E-state index contributed by atoms with van der Waals surface area (Å²) < 4.78 is 21.0. The van der Waals surface area contributed by atoms with Crippen molar-refractivity contribution in [1.29, 1.82) is 0 Å². The van der Waals surface area contributed by atoms with Gasteiger partial charge in [-0.1, -0.05) is 19.9 Å². The molecule has 1 aromatic carbocycles. The Balaban J connectivity index is 0.00000145. The molecule has 0 unspecified atom stereocenters. The lowest BCUT2D eigenvalue weighted by atomic mass is 10.2. The van der Waals surface area contributed by atoms with Crippen LogP contribution in [0, 0.1) is 12.7 Å². The van der Waals surface area contributed by atoms with Crippen LogP contribution in [0.2, 0.25) is 0 Å². The fraction of sp³-hybridized carbons (Fsp3) is 0.300. The summed E-state index contributed by atoms with van der Waals surface area (Å²) in [5, 5.41) is 2.85. The monoisotopic (exact) mass is 402 g/mol. The maximum atomic E-state index is 14.2. The van der Waals surface area contributed by atoms with Gasteiger partial charge in [0.15, 0.2) is 5.65 Å². The van der Waals surface area contributed by atoms with Crippen molar-refractivity contribution in [2.75, 3.05) is 12.4 Å². The average Bonchev–Trinajstić information content (AvgIpc) is 2.70. The van der Waals surface area contributed by atoms with Crippen LogP contribution in [-0.4, -0.2) is 27.2 Å². The fourth-order valence-corrected chi connectivity index (χ4v) is 2.65. The van der Waals surface area contributed by atoms with E-state index in [-0.39, 0.29) is 29.0 Å². The molecule has 0 aliphatic rings. The Kier molecular flexibility index (Phi) is 6.87. The fourth-order valence-electron chi connectivity index (χ4n) is 2.65. The Morgan fingerprint density at radius 3 is 2.52 bits per heavy atom. The second kappa shape index (κ2) is 9.13. The molecule has 0 radical (unpaired) electrons. The molecule has 0 amide bonds. The summed E-state index contributed by atoms with van der Waals surface area (Å²) in [7, 11) is 2.68. The Bertz CT molecular complexity index is 1170. The lowest BCUT2D eigenvalue weighted by Gasteiger charge is -2.13. The largest absolute Gasteiger partial charge is 0.468 e. The van der Waals surface area contributed by atoms with Gasteiger partial charge in [0.1, 0.15) is 24.1 Å². The molecule has 0 atom stereocenters. The average molecular weight is 402 g/mol. The number of anilines is 2. The van der Waals surface area contributed by atoms with Crippen LogP contribution in [-0.2, 0) is 23.1 Å². The maximum absolute atomic E-state index is 14.2. The molecule has 3 rings (SSSR count). The van der Waals surface area contributed by atoms with Crippen LogP contribution in [0.25, 0.3) is 11.0 Å². The normalized spacial score (nSPS) is 10.3. The number of carbonyl (C=O) groups is 1. The molecule has 154 valence electrons. The van der Waals surface area contributed by atoms with Gasteiger partial charge in [0.05, 0.1) is 18.5 Å². The number of rotatable bonds is 4. The molecule has 0 aliphatic carbocycles. The first-order valence-electron chi connectivity index (χ1n) is 9.01. The number of aromatic nitrogens is 3. The highest BCUT2D eigenvalue weighted by atomic mass is 19.1.